The SMILES string of the molecule is CCCC(=O)N(C)CCCCc1ccccc1. The van der Waals surface area contributed by atoms with Crippen LogP contribution >= 0.6 is 0 Å². The molecular weight excluding hydrogens is 210 g/mol. The minimum atomic E-state index is 0.271. The summed E-state index contributed by atoms with van der Waals surface area (Å²) in [5, 5.41) is 0. The lowest BCUT2D eigenvalue weighted by atomic mass is 10.1. The molecule has 0 heterocycles. The standard InChI is InChI=1S/C15H23NO/c1-3-9-15(17)16(2)13-8-7-12-14-10-5-4-6-11-14/h4-6,10-11H,3,7-9,12-13H2,1-2H3. The molecule has 1 aromatic carbocycles. The summed E-state index contributed by atoms with van der Waals surface area (Å²) in [4.78, 5) is 13.4. The fourth-order valence-corrected chi connectivity index (χ4v) is 1.85. The molecule has 1 rings (SSSR count). The Morgan fingerprint density at radius 1 is 1.18 bits per heavy atom. The van der Waals surface area contributed by atoms with Gasteiger partial charge in [-0.1, -0.05) is 37.3 Å². The highest BCUT2D eigenvalue weighted by Crippen LogP contribution is 2.05. The fraction of sp³-hybridized carbons (Fsp3) is 0.533. The van der Waals surface area contributed by atoms with Crippen LogP contribution in [-0.2, 0) is 11.2 Å². The molecule has 1 aromatic rings. The van der Waals surface area contributed by atoms with Crippen molar-refractivity contribution in [2.75, 3.05) is 13.6 Å². The molecule has 0 radical (unpaired) electrons. The average Bonchev–Trinajstić information content (AvgIpc) is 2.36. The van der Waals surface area contributed by atoms with Gasteiger partial charge in [0.05, 0.1) is 0 Å². The number of benzene rings is 1. The molecule has 1 amide bonds. The summed E-state index contributed by atoms with van der Waals surface area (Å²) in [5.74, 6) is 0.271. The van der Waals surface area contributed by atoms with E-state index in [0.717, 1.165) is 32.2 Å². The van der Waals surface area contributed by atoms with E-state index in [2.05, 4.69) is 24.3 Å². The third-order valence-corrected chi connectivity index (χ3v) is 2.94. The minimum Gasteiger partial charge on any atom is -0.346 e. The highest BCUT2D eigenvalue weighted by molar-refractivity contribution is 5.75. The number of nitrogens with zero attached hydrogens (tertiary/aromatic N) is 1. The van der Waals surface area contributed by atoms with Gasteiger partial charge in [-0.3, -0.25) is 4.79 Å². The molecule has 0 unspecified atom stereocenters. The van der Waals surface area contributed by atoms with Crippen molar-refractivity contribution in [1.29, 1.82) is 0 Å². The van der Waals surface area contributed by atoms with E-state index in [4.69, 9.17) is 0 Å². The smallest absolute Gasteiger partial charge is 0.222 e. The number of rotatable bonds is 7. The Balaban J connectivity index is 2.14. The van der Waals surface area contributed by atoms with Gasteiger partial charge in [0.1, 0.15) is 0 Å². The first-order chi connectivity index (χ1) is 8.24. The topological polar surface area (TPSA) is 20.3 Å². The molecule has 94 valence electrons. The van der Waals surface area contributed by atoms with Crippen LogP contribution in [0.1, 0.15) is 38.2 Å². The quantitative estimate of drug-likeness (QED) is 0.662. The molecule has 0 saturated heterocycles. The Morgan fingerprint density at radius 2 is 1.88 bits per heavy atom. The maximum Gasteiger partial charge on any atom is 0.222 e. The Hall–Kier alpha value is -1.31. The summed E-state index contributed by atoms with van der Waals surface area (Å²) in [5.41, 5.74) is 1.38. The lowest BCUT2D eigenvalue weighted by Gasteiger charge is -2.16. The molecule has 0 N–H and O–H groups in total. The molecule has 0 aromatic heterocycles. The van der Waals surface area contributed by atoms with Crippen molar-refractivity contribution in [3.63, 3.8) is 0 Å². The fourth-order valence-electron chi connectivity index (χ4n) is 1.85. The highest BCUT2D eigenvalue weighted by Gasteiger charge is 2.05. The van der Waals surface area contributed by atoms with Crippen LogP contribution in [0.2, 0.25) is 0 Å². The normalized spacial score (nSPS) is 10.2. The first kappa shape index (κ1) is 13.8. The zero-order valence-electron chi connectivity index (χ0n) is 11.0. The Bertz CT molecular complexity index is 321. The Labute approximate surface area is 105 Å². The first-order valence-corrected chi connectivity index (χ1v) is 6.52. The van der Waals surface area contributed by atoms with Crippen molar-refractivity contribution in [3.8, 4) is 0 Å². The van der Waals surface area contributed by atoms with Crippen LogP contribution in [0.5, 0.6) is 0 Å². The monoisotopic (exact) mass is 233 g/mol. The summed E-state index contributed by atoms with van der Waals surface area (Å²) >= 11 is 0. The van der Waals surface area contributed by atoms with Gasteiger partial charge in [0.15, 0.2) is 0 Å². The average molecular weight is 233 g/mol. The molecule has 0 aliphatic carbocycles. The third-order valence-electron chi connectivity index (χ3n) is 2.94. The minimum absolute atomic E-state index is 0.271. The van der Waals surface area contributed by atoms with Crippen LogP contribution in [0.25, 0.3) is 0 Å². The largest absolute Gasteiger partial charge is 0.346 e. The number of carbonyl (C=O) groups is 1. The van der Waals surface area contributed by atoms with Gasteiger partial charge < -0.3 is 4.90 Å². The van der Waals surface area contributed by atoms with E-state index in [1.165, 1.54) is 5.56 Å². The van der Waals surface area contributed by atoms with E-state index >= 15 is 0 Å². The summed E-state index contributed by atoms with van der Waals surface area (Å²) in [6.07, 6.45) is 4.95. The Morgan fingerprint density at radius 3 is 2.53 bits per heavy atom. The first-order valence-electron chi connectivity index (χ1n) is 6.52. The van der Waals surface area contributed by atoms with Crippen molar-refractivity contribution >= 4 is 5.91 Å². The zero-order chi connectivity index (χ0) is 12.5. The number of unbranched alkanes of at least 4 members (excludes halogenated alkanes) is 1. The van der Waals surface area contributed by atoms with Crippen LogP contribution in [0, 0.1) is 0 Å². The van der Waals surface area contributed by atoms with Gasteiger partial charge in [-0.15, -0.1) is 0 Å². The Kier molecular flexibility index (Phi) is 6.38. The summed E-state index contributed by atoms with van der Waals surface area (Å²) in [6.45, 7) is 2.92. The molecule has 0 bridgehead atoms. The van der Waals surface area contributed by atoms with E-state index in [-0.39, 0.29) is 5.91 Å². The molecule has 0 aliphatic heterocycles. The second kappa shape index (κ2) is 7.88. The van der Waals surface area contributed by atoms with Crippen molar-refractivity contribution in [2.24, 2.45) is 0 Å². The maximum absolute atomic E-state index is 11.5. The molecule has 0 atom stereocenters. The van der Waals surface area contributed by atoms with Gasteiger partial charge in [-0.25, -0.2) is 0 Å². The van der Waals surface area contributed by atoms with E-state index in [1.807, 2.05) is 24.9 Å². The van der Waals surface area contributed by atoms with Gasteiger partial charge in [0, 0.05) is 20.0 Å². The van der Waals surface area contributed by atoms with E-state index in [1.54, 1.807) is 0 Å². The van der Waals surface area contributed by atoms with E-state index in [0.29, 0.717) is 6.42 Å². The van der Waals surface area contributed by atoms with Crippen molar-refractivity contribution in [2.45, 2.75) is 39.0 Å². The second-order valence-corrected chi connectivity index (χ2v) is 4.51. The van der Waals surface area contributed by atoms with Gasteiger partial charge in [0.2, 0.25) is 5.91 Å². The highest BCUT2D eigenvalue weighted by atomic mass is 16.2. The zero-order valence-corrected chi connectivity index (χ0v) is 11.0. The van der Waals surface area contributed by atoms with Gasteiger partial charge >= 0.3 is 0 Å². The lowest BCUT2D eigenvalue weighted by molar-refractivity contribution is -0.129. The number of hydrogen-bond acceptors (Lipinski definition) is 1. The van der Waals surface area contributed by atoms with Gasteiger partial charge in [-0.05, 0) is 31.2 Å². The summed E-state index contributed by atoms with van der Waals surface area (Å²) < 4.78 is 0. The van der Waals surface area contributed by atoms with Crippen molar-refractivity contribution < 1.29 is 4.79 Å². The summed E-state index contributed by atoms with van der Waals surface area (Å²) in [6, 6.07) is 10.5. The van der Waals surface area contributed by atoms with Crippen LogP contribution < -0.4 is 0 Å². The molecule has 17 heavy (non-hydrogen) atoms. The van der Waals surface area contributed by atoms with Crippen LogP contribution in [0.3, 0.4) is 0 Å². The molecule has 0 saturated carbocycles. The number of hydrogen-bond donors (Lipinski definition) is 0. The van der Waals surface area contributed by atoms with Crippen LogP contribution in [-0.4, -0.2) is 24.4 Å². The van der Waals surface area contributed by atoms with Crippen LogP contribution in [0.15, 0.2) is 30.3 Å². The van der Waals surface area contributed by atoms with Gasteiger partial charge in [0.25, 0.3) is 0 Å². The second-order valence-electron chi connectivity index (χ2n) is 4.51. The van der Waals surface area contributed by atoms with Gasteiger partial charge in [-0.2, -0.15) is 0 Å². The maximum atomic E-state index is 11.5. The lowest BCUT2D eigenvalue weighted by Crippen LogP contribution is -2.27. The molecule has 2 heteroatoms. The molecule has 2 nitrogen and oxygen atoms in total. The number of amides is 1. The predicted molar refractivity (Wildman–Crippen MR) is 71.9 cm³/mol. The molecular formula is C15H23NO. The summed E-state index contributed by atoms with van der Waals surface area (Å²) in [7, 11) is 1.90. The number of carbonyl (C=O) groups excluding carboxylic acids is 1. The molecule has 0 spiro atoms. The van der Waals surface area contributed by atoms with Crippen molar-refractivity contribution in [1.82, 2.24) is 4.90 Å². The van der Waals surface area contributed by atoms with E-state index in [9.17, 15) is 4.79 Å². The number of aryl methyl sites for hydroxylation is 1. The van der Waals surface area contributed by atoms with Crippen molar-refractivity contribution in [3.05, 3.63) is 35.9 Å². The van der Waals surface area contributed by atoms with Crippen LogP contribution in [0.4, 0.5) is 0 Å². The van der Waals surface area contributed by atoms with E-state index < -0.39 is 0 Å². The molecule has 0 aliphatic rings. The predicted octanol–water partition coefficient (Wildman–Crippen LogP) is 3.27. The third kappa shape index (κ3) is 5.53. The molecule has 0 fully saturated rings.